The van der Waals surface area contributed by atoms with E-state index in [1.165, 1.54) is 0 Å². The predicted octanol–water partition coefficient (Wildman–Crippen LogP) is -1.25. The van der Waals surface area contributed by atoms with E-state index in [1.54, 1.807) is 0 Å². The minimum Gasteiger partial charge on any atom is -0.463 e. The van der Waals surface area contributed by atoms with Crippen molar-refractivity contribution in [1.29, 1.82) is 0 Å². The summed E-state index contributed by atoms with van der Waals surface area (Å²) in [7, 11) is 0. The van der Waals surface area contributed by atoms with Crippen LogP contribution >= 0.6 is 0 Å². The lowest BCUT2D eigenvalue weighted by Crippen LogP contribution is -2.66. The zero-order chi connectivity index (χ0) is 23.7. The van der Waals surface area contributed by atoms with E-state index in [-0.39, 0.29) is 0 Å². The van der Waals surface area contributed by atoms with Crippen LogP contribution in [0, 0.1) is 0 Å². The maximum atomic E-state index is 12.1. The van der Waals surface area contributed by atoms with Crippen LogP contribution < -0.4 is 5.32 Å². The monoisotopic (exact) mass is 447 g/mol. The van der Waals surface area contributed by atoms with Gasteiger partial charge in [-0.2, -0.15) is 0 Å². The average Bonchev–Trinajstić information content (AvgIpc) is 2.62. The summed E-state index contributed by atoms with van der Waals surface area (Å²) in [6, 6.07) is 0. The fourth-order valence-corrected chi connectivity index (χ4v) is 2.71. The number of esters is 5. The number of carbonyl (C=O) groups is 6. The van der Waals surface area contributed by atoms with E-state index >= 15 is 0 Å². The van der Waals surface area contributed by atoms with Gasteiger partial charge in [0.25, 0.3) is 5.91 Å². The largest absolute Gasteiger partial charge is 0.463 e. The number of amides is 1. The van der Waals surface area contributed by atoms with Crippen LogP contribution in [-0.2, 0) is 57.2 Å². The van der Waals surface area contributed by atoms with Gasteiger partial charge in [0.15, 0.2) is 31.1 Å². The van der Waals surface area contributed by atoms with Gasteiger partial charge in [-0.05, 0) is 0 Å². The van der Waals surface area contributed by atoms with E-state index in [9.17, 15) is 28.8 Å². The number of rotatable bonds is 8. The summed E-state index contributed by atoms with van der Waals surface area (Å²) in [4.78, 5) is 69.2. The van der Waals surface area contributed by atoms with Gasteiger partial charge in [0, 0.05) is 34.6 Å². The van der Waals surface area contributed by atoms with Crippen LogP contribution in [0.15, 0.2) is 0 Å². The Balaban J connectivity index is 3.27. The first-order valence-corrected chi connectivity index (χ1v) is 9.14. The van der Waals surface area contributed by atoms with Crippen LogP contribution in [0.25, 0.3) is 0 Å². The van der Waals surface area contributed by atoms with Crippen LogP contribution in [0.2, 0.25) is 0 Å². The minimum atomic E-state index is -1.44. The molecule has 0 aromatic heterocycles. The highest BCUT2D eigenvalue weighted by molar-refractivity contribution is 5.80. The van der Waals surface area contributed by atoms with E-state index in [2.05, 4.69) is 10.1 Å². The van der Waals surface area contributed by atoms with Gasteiger partial charge in [0.2, 0.25) is 0 Å². The Kier molecular flexibility index (Phi) is 9.86. The molecule has 174 valence electrons. The maximum absolute atomic E-state index is 12.1. The Morgan fingerprint density at radius 1 is 0.677 bits per heavy atom. The fourth-order valence-electron chi connectivity index (χ4n) is 2.71. The molecule has 1 saturated heterocycles. The maximum Gasteiger partial charge on any atom is 0.303 e. The van der Waals surface area contributed by atoms with Crippen molar-refractivity contribution in [2.24, 2.45) is 0 Å². The van der Waals surface area contributed by atoms with E-state index in [0.29, 0.717) is 0 Å². The predicted molar refractivity (Wildman–Crippen MR) is 96.7 cm³/mol. The molecule has 0 aliphatic carbocycles. The molecule has 1 heterocycles. The van der Waals surface area contributed by atoms with Gasteiger partial charge in [-0.3, -0.25) is 28.8 Å². The number of hydrogen-bond donors (Lipinski definition) is 1. The third kappa shape index (κ3) is 8.99. The molecule has 1 N–H and O–H groups in total. The van der Waals surface area contributed by atoms with Crippen LogP contribution in [0.3, 0.4) is 0 Å². The summed E-state index contributed by atoms with van der Waals surface area (Å²) >= 11 is 0. The highest BCUT2D eigenvalue weighted by Crippen LogP contribution is 2.28. The highest BCUT2D eigenvalue weighted by Gasteiger charge is 2.52. The molecule has 0 aromatic rings. The molecular weight excluding hydrogens is 422 g/mol. The van der Waals surface area contributed by atoms with E-state index in [0.717, 1.165) is 34.6 Å². The van der Waals surface area contributed by atoms with Crippen molar-refractivity contribution in [2.45, 2.75) is 65.3 Å². The van der Waals surface area contributed by atoms with Gasteiger partial charge in [0.05, 0.1) is 0 Å². The molecule has 1 rings (SSSR count). The van der Waals surface area contributed by atoms with E-state index in [4.69, 9.17) is 23.7 Å². The second kappa shape index (κ2) is 11.8. The molecule has 0 bridgehead atoms. The van der Waals surface area contributed by atoms with Crippen molar-refractivity contribution >= 4 is 35.8 Å². The molecule has 5 atom stereocenters. The summed E-state index contributed by atoms with van der Waals surface area (Å²) in [5, 5.41) is 2.34. The van der Waals surface area contributed by atoms with Gasteiger partial charge in [-0.25, -0.2) is 0 Å². The van der Waals surface area contributed by atoms with Crippen molar-refractivity contribution in [3.8, 4) is 0 Å². The molecule has 0 unspecified atom stereocenters. The Bertz CT molecular complexity index is 720. The second-order valence-electron chi connectivity index (χ2n) is 6.47. The van der Waals surface area contributed by atoms with Crippen molar-refractivity contribution in [3.05, 3.63) is 0 Å². The smallest absolute Gasteiger partial charge is 0.303 e. The number of carbonyl (C=O) groups excluding carboxylic acids is 6. The average molecular weight is 447 g/mol. The van der Waals surface area contributed by atoms with Crippen molar-refractivity contribution in [1.82, 2.24) is 5.32 Å². The molecule has 0 saturated carbocycles. The molecular formula is C18H25NO12. The number of hydrogen-bond acceptors (Lipinski definition) is 12. The normalized spacial score (nSPS) is 24.9. The Hall–Kier alpha value is -3.22. The molecule has 1 aliphatic rings. The molecule has 1 amide bonds. The van der Waals surface area contributed by atoms with Crippen LogP contribution in [0.4, 0.5) is 0 Å². The molecule has 0 spiro atoms. The van der Waals surface area contributed by atoms with Gasteiger partial charge in [-0.15, -0.1) is 0 Å². The first kappa shape index (κ1) is 25.8. The van der Waals surface area contributed by atoms with Crippen molar-refractivity contribution < 1.29 is 57.2 Å². The molecule has 13 nitrogen and oxygen atoms in total. The third-order valence-corrected chi connectivity index (χ3v) is 3.70. The zero-order valence-corrected chi connectivity index (χ0v) is 17.7. The highest BCUT2D eigenvalue weighted by atomic mass is 16.7. The summed E-state index contributed by atoms with van der Waals surface area (Å²) in [6.07, 6.45) is -6.84. The third-order valence-electron chi connectivity index (χ3n) is 3.70. The lowest BCUT2D eigenvalue weighted by molar-refractivity contribution is -0.257. The van der Waals surface area contributed by atoms with Gasteiger partial charge >= 0.3 is 29.8 Å². The molecule has 0 radical (unpaired) electrons. The number of ether oxygens (including phenoxy) is 6. The lowest BCUT2D eigenvalue weighted by atomic mass is 9.97. The molecule has 1 fully saturated rings. The summed E-state index contributed by atoms with van der Waals surface area (Å²) in [5.74, 6) is -4.61. The second-order valence-corrected chi connectivity index (χ2v) is 6.47. The lowest BCUT2D eigenvalue weighted by Gasteiger charge is -2.44. The number of nitrogens with one attached hydrogen (secondary N) is 1. The van der Waals surface area contributed by atoms with E-state index < -0.39 is 79.6 Å². The first-order chi connectivity index (χ1) is 14.4. The SMILES string of the molecule is CC(=O)OCC(=O)N[C@@H]1O[C@H](COC(C)=O)[C@@H](OC(C)=O)[C@H](OC(C)=O)[C@H]1OC(C)=O. The first-order valence-electron chi connectivity index (χ1n) is 9.14. The van der Waals surface area contributed by atoms with Gasteiger partial charge in [-0.1, -0.05) is 0 Å². The Morgan fingerprint density at radius 2 is 1.16 bits per heavy atom. The fraction of sp³-hybridized carbons (Fsp3) is 0.667. The molecule has 31 heavy (non-hydrogen) atoms. The summed E-state index contributed by atoms with van der Waals surface area (Å²) in [5.41, 5.74) is 0. The van der Waals surface area contributed by atoms with Crippen LogP contribution in [-0.4, -0.2) is 79.6 Å². The quantitative estimate of drug-likeness (QED) is 0.347. The van der Waals surface area contributed by atoms with Crippen molar-refractivity contribution in [2.75, 3.05) is 13.2 Å². The Morgan fingerprint density at radius 3 is 1.65 bits per heavy atom. The van der Waals surface area contributed by atoms with Gasteiger partial charge in [0.1, 0.15) is 12.7 Å². The molecule has 13 heteroatoms. The van der Waals surface area contributed by atoms with E-state index in [1.807, 2.05) is 0 Å². The van der Waals surface area contributed by atoms with Crippen LogP contribution in [0.5, 0.6) is 0 Å². The Labute approximate surface area is 177 Å². The van der Waals surface area contributed by atoms with Crippen LogP contribution in [0.1, 0.15) is 34.6 Å². The van der Waals surface area contributed by atoms with Crippen molar-refractivity contribution in [3.63, 3.8) is 0 Å². The standard InChI is InChI=1S/C18H25NO12/c1-8(20)26-6-13-15(28-10(3)22)16(29-11(4)23)17(30-12(5)24)18(31-13)19-14(25)7-27-9(2)21/h13,15-18H,6-7H2,1-5H3,(H,19,25)/t13-,15-,16+,17-,18-/m1/s1. The minimum absolute atomic E-state index is 0.436. The zero-order valence-electron chi connectivity index (χ0n) is 17.7. The van der Waals surface area contributed by atoms with Gasteiger partial charge < -0.3 is 33.7 Å². The summed E-state index contributed by atoms with van der Waals surface area (Å²) in [6.45, 7) is 4.35. The molecule has 0 aromatic carbocycles. The molecule has 1 aliphatic heterocycles. The topological polar surface area (TPSA) is 170 Å². The summed E-state index contributed by atoms with van der Waals surface area (Å²) < 4.78 is 30.7.